The molecule has 36 heavy (non-hydrogen) atoms. The summed E-state index contributed by atoms with van der Waals surface area (Å²) in [6.07, 6.45) is -8.28. The Bertz CT molecular complexity index is 1370. The number of H-pyrrole nitrogens is 1. The average Bonchev–Trinajstić information content (AvgIpc) is 3.13. The highest BCUT2D eigenvalue weighted by Gasteiger charge is 2.61. The first-order chi connectivity index (χ1) is 16.3. The average molecular weight is 588 g/mol. The molecule has 1 saturated heterocycles. The lowest BCUT2D eigenvalue weighted by atomic mass is 9.95. The summed E-state index contributed by atoms with van der Waals surface area (Å²) in [5.41, 5.74) is 0.331. The molecule has 0 bridgehead atoms. The molecule has 0 spiro atoms. The molecule has 0 saturated carbocycles. The number of nitrogens with zero attached hydrogens (tertiary/aromatic N) is 2. The lowest BCUT2D eigenvalue weighted by Crippen LogP contribution is -2.46. The van der Waals surface area contributed by atoms with E-state index in [9.17, 15) is 42.2 Å². The molecule has 0 aromatic carbocycles. The van der Waals surface area contributed by atoms with Gasteiger partial charge in [-0.2, -0.15) is 13.6 Å². The number of nitrogen functional groups attached to an aromatic ring is 1. The van der Waals surface area contributed by atoms with Gasteiger partial charge in [-0.05, 0) is 6.92 Å². The number of hydrogen-bond donors (Lipinski definition) is 7. The van der Waals surface area contributed by atoms with Gasteiger partial charge in [0, 0.05) is 6.20 Å². The third-order valence-corrected chi connectivity index (χ3v) is 8.72. The van der Waals surface area contributed by atoms with E-state index in [1.165, 1.54) is 0 Å². The molecule has 0 amide bonds. The molecule has 3 rings (SSSR count). The molecular formula is C13H18F3N4O13P3. The summed E-state index contributed by atoms with van der Waals surface area (Å²) in [7, 11) is -17.3. The standard InChI is InChI=1S/C13H18F3N4O13P3/c1-4(31-35(26,27)33-36(28,29)32-34(23,24)25)7-8(21)13(16,3-14)11(30-7)20-2-5(15)6-9(20)18-12(17)19-10(6)22/h2,4,7-8,11,21H,3H2,1H3,(H,26,27)(H,28,29)(H2,23,24,25)(H3,17,18,19,22)/t4-,7+,8?,11+,13+/m0/s1. The van der Waals surface area contributed by atoms with Crippen LogP contribution >= 0.6 is 23.5 Å². The number of fused-ring (bicyclic) bond motifs is 1. The van der Waals surface area contributed by atoms with Gasteiger partial charge >= 0.3 is 23.5 Å². The Morgan fingerprint density at radius 2 is 1.89 bits per heavy atom. The number of aliphatic hydroxyl groups is 1. The van der Waals surface area contributed by atoms with E-state index in [1.807, 2.05) is 4.98 Å². The Morgan fingerprint density at radius 1 is 1.28 bits per heavy atom. The number of nitrogens with one attached hydrogen (secondary N) is 1. The molecular weight excluding hydrogens is 570 g/mol. The lowest BCUT2D eigenvalue weighted by Gasteiger charge is -2.27. The van der Waals surface area contributed by atoms with Crippen molar-refractivity contribution in [1.29, 1.82) is 0 Å². The van der Waals surface area contributed by atoms with Gasteiger partial charge in [-0.3, -0.25) is 18.9 Å². The van der Waals surface area contributed by atoms with Crippen LogP contribution in [0.5, 0.6) is 0 Å². The minimum atomic E-state index is -5.90. The van der Waals surface area contributed by atoms with Crippen LogP contribution in [0.4, 0.5) is 19.1 Å². The molecule has 204 valence electrons. The van der Waals surface area contributed by atoms with E-state index in [1.54, 1.807) is 0 Å². The summed E-state index contributed by atoms with van der Waals surface area (Å²) in [5.74, 6) is -1.78. The van der Waals surface area contributed by atoms with Crippen LogP contribution in [0.1, 0.15) is 13.2 Å². The van der Waals surface area contributed by atoms with Crippen molar-refractivity contribution in [3.63, 3.8) is 0 Å². The predicted octanol–water partition coefficient (Wildman–Crippen LogP) is 0.114. The molecule has 3 heterocycles. The monoisotopic (exact) mass is 588 g/mol. The first-order valence-corrected chi connectivity index (χ1v) is 13.8. The van der Waals surface area contributed by atoms with Crippen LogP contribution in [-0.2, 0) is 31.6 Å². The molecule has 1 fully saturated rings. The van der Waals surface area contributed by atoms with Crippen LogP contribution in [0.25, 0.3) is 11.0 Å². The molecule has 23 heteroatoms. The van der Waals surface area contributed by atoms with Crippen LogP contribution in [-0.4, -0.2) is 69.9 Å². The molecule has 2 aromatic rings. The van der Waals surface area contributed by atoms with Crippen LogP contribution in [0.2, 0.25) is 0 Å². The fourth-order valence-corrected chi connectivity index (χ4v) is 6.64. The van der Waals surface area contributed by atoms with E-state index in [0.717, 1.165) is 6.92 Å². The van der Waals surface area contributed by atoms with Gasteiger partial charge in [0.1, 0.15) is 24.3 Å². The number of alkyl halides is 2. The van der Waals surface area contributed by atoms with E-state index < -0.39 is 88.7 Å². The summed E-state index contributed by atoms with van der Waals surface area (Å²) in [4.78, 5) is 53.6. The molecule has 7 atom stereocenters. The minimum Gasteiger partial charge on any atom is -0.387 e. The van der Waals surface area contributed by atoms with Crippen molar-refractivity contribution < 1.29 is 69.4 Å². The number of hydrogen-bond acceptors (Lipinski definition) is 11. The zero-order chi connectivity index (χ0) is 27.4. The van der Waals surface area contributed by atoms with Crippen molar-refractivity contribution >= 4 is 40.4 Å². The van der Waals surface area contributed by atoms with E-state index in [2.05, 4.69) is 18.1 Å². The summed E-state index contributed by atoms with van der Waals surface area (Å²) >= 11 is 0. The Morgan fingerprint density at radius 3 is 2.44 bits per heavy atom. The van der Waals surface area contributed by atoms with E-state index in [-0.39, 0.29) is 0 Å². The Balaban J connectivity index is 1.92. The smallest absolute Gasteiger partial charge is 0.387 e. The number of nitrogens with two attached hydrogens (primary N) is 1. The predicted molar refractivity (Wildman–Crippen MR) is 109 cm³/mol. The number of anilines is 1. The molecule has 8 N–H and O–H groups in total. The van der Waals surface area contributed by atoms with Crippen molar-refractivity contribution in [2.45, 2.75) is 37.1 Å². The van der Waals surface area contributed by atoms with Crippen molar-refractivity contribution in [2.24, 2.45) is 0 Å². The first-order valence-electron chi connectivity index (χ1n) is 9.26. The molecule has 3 unspecified atom stereocenters. The van der Waals surface area contributed by atoms with E-state index in [4.69, 9.17) is 20.3 Å². The Labute approximate surface area is 197 Å². The second-order valence-electron chi connectivity index (χ2n) is 7.39. The van der Waals surface area contributed by atoms with Gasteiger partial charge in [-0.1, -0.05) is 0 Å². The van der Waals surface area contributed by atoms with Gasteiger partial charge in [0.2, 0.25) is 11.6 Å². The van der Waals surface area contributed by atoms with E-state index in [0.29, 0.717) is 10.8 Å². The first kappa shape index (κ1) is 28.9. The van der Waals surface area contributed by atoms with Crippen molar-refractivity contribution in [3.8, 4) is 0 Å². The summed E-state index contributed by atoms with van der Waals surface area (Å²) in [5, 5.41) is 9.68. The van der Waals surface area contributed by atoms with Gasteiger partial charge in [-0.15, -0.1) is 0 Å². The summed E-state index contributed by atoms with van der Waals surface area (Å²) in [6, 6.07) is 0. The van der Waals surface area contributed by atoms with Crippen LogP contribution in [0.15, 0.2) is 11.0 Å². The lowest BCUT2D eigenvalue weighted by molar-refractivity contribution is -0.0818. The van der Waals surface area contributed by atoms with Crippen molar-refractivity contribution in [2.75, 3.05) is 12.4 Å². The molecule has 17 nitrogen and oxygen atoms in total. The van der Waals surface area contributed by atoms with Gasteiger partial charge in [-0.25, -0.2) is 26.9 Å². The maximum Gasteiger partial charge on any atom is 0.490 e. The van der Waals surface area contributed by atoms with Gasteiger partial charge in [0.25, 0.3) is 5.56 Å². The minimum absolute atomic E-state index is 0.503. The molecule has 2 aromatic heterocycles. The van der Waals surface area contributed by atoms with Gasteiger partial charge < -0.3 is 35.2 Å². The topological polar surface area (TPSA) is 266 Å². The number of aromatic amines is 1. The maximum atomic E-state index is 15.6. The third kappa shape index (κ3) is 5.75. The Hall–Kier alpha value is -1.66. The number of rotatable bonds is 9. The Kier molecular flexibility index (Phi) is 7.69. The van der Waals surface area contributed by atoms with Gasteiger partial charge in [0.15, 0.2) is 17.7 Å². The summed E-state index contributed by atoms with van der Waals surface area (Å²) < 4.78 is 95.3. The summed E-state index contributed by atoms with van der Waals surface area (Å²) in [6.45, 7) is -1.14. The number of phosphoric acid groups is 3. The van der Waals surface area contributed by atoms with Crippen molar-refractivity contribution in [3.05, 3.63) is 22.4 Å². The van der Waals surface area contributed by atoms with Gasteiger partial charge in [0.05, 0.1) is 6.10 Å². The largest absolute Gasteiger partial charge is 0.490 e. The highest BCUT2D eigenvalue weighted by atomic mass is 31.3. The highest BCUT2D eigenvalue weighted by Crippen LogP contribution is 2.66. The third-order valence-electron chi connectivity index (χ3n) is 4.79. The van der Waals surface area contributed by atoms with Crippen LogP contribution in [0.3, 0.4) is 0 Å². The number of halogens is 3. The molecule has 1 aliphatic heterocycles. The second-order valence-corrected chi connectivity index (χ2v) is 11.8. The SMILES string of the molecule is C[C@H](OP(=O)(O)OP(=O)(O)OP(=O)(O)O)[C@H]1O[C@@H](n2cc(F)c3c(=O)[nH]c(N)nc32)[C@@](F)(CF)C1O. The normalized spacial score (nSPS) is 29.2. The van der Waals surface area contributed by atoms with E-state index >= 15 is 4.39 Å². The second kappa shape index (κ2) is 9.58. The highest BCUT2D eigenvalue weighted by molar-refractivity contribution is 7.66. The maximum absolute atomic E-state index is 15.6. The molecule has 0 radical (unpaired) electrons. The number of ether oxygens (including phenoxy) is 1. The number of aromatic nitrogens is 3. The number of phosphoric ester groups is 1. The fraction of sp³-hybridized carbons (Fsp3) is 0.538. The molecule has 0 aliphatic carbocycles. The van der Waals surface area contributed by atoms with Crippen LogP contribution in [0, 0.1) is 5.82 Å². The van der Waals surface area contributed by atoms with Crippen molar-refractivity contribution in [1.82, 2.24) is 14.5 Å². The van der Waals surface area contributed by atoms with Crippen LogP contribution < -0.4 is 11.3 Å². The fourth-order valence-electron chi connectivity index (χ4n) is 3.44. The quantitative estimate of drug-likeness (QED) is 0.192. The zero-order valence-electron chi connectivity index (χ0n) is 17.5. The number of aliphatic hydroxyl groups excluding tert-OH is 1. The molecule has 1 aliphatic rings. The zero-order valence-corrected chi connectivity index (χ0v) is 20.2.